The molecule has 0 amide bonds. The van der Waals surface area contributed by atoms with E-state index < -0.39 is 0 Å². The van der Waals surface area contributed by atoms with Gasteiger partial charge in [-0.05, 0) is 44.8 Å². The summed E-state index contributed by atoms with van der Waals surface area (Å²) < 4.78 is 11.2. The van der Waals surface area contributed by atoms with E-state index in [1.54, 1.807) is 14.2 Å². The molecule has 2 nitrogen and oxygen atoms in total. The molecular weight excluding hydrogens is 416 g/mol. The van der Waals surface area contributed by atoms with Crippen molar-refractivity contribution in [1.82, 2.24) is 0 Å². The fourth-order valence-electron chi connectivity index (χ4n) is 4.33. The van der Waals surface area contributed by atoms with E-state index in [0.29, 0.717) is 0 Å². The molecule has 0 unspecified atom stereocenters. The minimum atomic E-state index is 0.874. The van der Waals surface area contributed by atoms with Crippen LogP contribution in [-0.4, -0.2) is 14.2 Å². The van der Waals surface area contributed by atoms with Crippen LogP contribution in [0.15, 0.2) is 97.1 Å². The van der Waals surface area contributed by atoms with Crippen molar-refractivity contribution in [3.8, 4) is 11.5 Å². The Bertz CT molecular complexity index is 1390. The zero-order valence-corrected chi connectivity index (χ0v) is 19.4. The molecule has 166 valence electrons. The third-order valence-corrected chi connectivity index (χ3v) is 6.12. The van der Waals surface area contributed by atoms with Crippen LogP contribution in [0.1, 0.15) is 22.3 Å². The molecule has 0 aliphatic carbocycles. The number of hydrogen-bond donors (Lipinski definition) is 0. The molecule has 0 N–H and O–H groups in total. The molecule has 0 atom stereocenters. The Morgan fingerprint density at radius 1 is 0.441 bits per heavy atom. The number of ether oxygens (including phenoxy) is 2. The summed E-state index contributed by atoms with van der Waals surface area (Å²) in [7, 11) is 3.43. The van der Waals surface area contributed by atoms with E-state index in [-0.39, 0.29) is 0 Å². The van der Waals surface area contributed by atoms with Gasteiger partial charge in [0.25, 0.3) is 0 Å². The summed E-state index contributed by atoms with van der Waals surface area (Å²) in [5.41, 5.74) is 4.45. The monoisotopic (exact) mass is 442 g/mol. The second-order valence-corrected chi connectivity index (χ2v) is 8.14. The van der Waals surface area contributed by atoms with Gasteiger partial charge in [-0.15, -0.1) is 0 Å². The van der Waals surface area contributed by atoms with Crippen LogP contribution in [-0.2, 0) is 0 Å². The van der Waals surface area contributed by atoms with Gasteiger partial charge in [-0.1, -0.05) is 109 Å². The predicted octanol–water partition coefficient (Wildman–Crippen LogP) is 8.35. The van der Waals surface area contributed by atoms with Crippen molar-refractivity contribution < 1.29 is 9.47 Å². The van der Waals surface area contributed by atoms with Crippen molar-refractivity contribution in [2.45, 2.75) is 0 Å². The second-order valence-electron chi connectivity index (χ2n) is 8.14. The van der Waals surface area contributed by atoms with Crippen LogP contribution in [0.25, 0.3) is 45.8 Å². The molecule has 0 fully saturated rings. The first kappa shape index (κ1) is 21.5. The highest BCUT2D eigenvalue weighted by atomic mass is 16.5. The van der Waals surface area contributed by atoms with Crippen molar-refractivity contribution in [2.75, 3.05) is 14.2 Å². The molecule has 0 radical (unpaired) electrons. The minimum absolute atomic E-state index is 0.874. The van der Waals surface area contributed by atoms with Crippen LogP contribution >= 0.6 is 0 Å². The van der Waals surface area contributed by atoms with Gasteiger partial charge in [0.1, 0.15) is 11.5 Å². The van der Waals surface area contributed by atoms with Crippen LogP contribution in [0.2, 0.25) is 0 Å². The Hall–Kier alpha value is -4.30. The molecule has 5 aromatic carbocycles. The number of benzene rings is 5. The molecule has 5 aromatic rings. The van der Waals surface area contributed by atoms with Crippen LogP contribution in [0.3, 0.4) is 0 Å². The smallest absolute Gasteiger partial charge is 0.126 e. The maximum atomic E-state index is 5.61. The van der Waals surface area contributed by atoms with Gasteiger partial charge in [0.15, 0.2) is 0 Å². The molecule has 0 aromatic heterocycles. The number of hydrogen-bond acceptors (Lipinski definition) is 2. The maximum absolute atomic E-state index is 5.61. The zero-order valence-electron chi connectivity index (χ0n) is 19.4. The Morgan fingerprint density at radius 3 is 1.26 bits per heavy atom. The summed E-state index contributed by atoms with van der Waals surface area (Å²) in [6, 6.07) is 33.5. The fourth-order valence-corrected chi connectivity index (χ4v) is 4.33. The van der Waals surface area contributed by atoms with Gasteiger partial charge in [-0.25, -0.2) is 0 Å². The van der Waals surface area contributed by atoms with Gasteiger partial charge < -0.3 is 9.47 Å². The van der Waals surface area contributed by atoms with Crippen molar-refractivity contribution in [3.63, 3.8) is 0 Å². The molecule has 0 saturated heterocycles. The molecule has 0 heterocycles. The Kier molecular flexibility index (Phi) is 6.13. The van der Waals surface area contributed by atoms with Crippen molar-refractivity contribution in [3.05, 3.63) is 119 Å². The van der Waals surface area contributed by atoms with E-state index in [9.17, 15) is 0 Å². The molecule has 0 bridgehead atoms. The lowest BCUT2D eigenvalue weighted by Gasteiger charge is -2.09. The normalized spacial score (nSPS) is 11.6. The van der Waals surface area contributed by atoms with E-state index >= 15 is 0 Å². The first-order valence-electron chi connectivity index (χ1n) is 11.3. The lowest BCUT2D eigenvalue weighted by molar-refractivity contribution is 0.414. The van der Waals surface area contributed by atoms with E-state index in [0.717, 1.165) is 33.8 Å². The Balaban J connectivity index is 1.42. The number of fused-ring (bicyclic) bond motifs is 2. The first-order chi connectivity index (χ1) is 16.8. The summed E-state index contributed by atoms with van der Waals surface area (Å²) in [5, 5.41) is 4.77. The average Bonchev–Trinajstić information content (AvgIpc) is 2.90. The van der Waals surface area contributed by atoms with Crippen LogP contribution in [0, 0.1) is 0 Å². The highest BCUT2D eigenvalue weighted by Crippen LogP contribution is 2.31. The van der Waals surface area contributed by atoms with E-state index in [4.69, 9.17) is 9.47 Å². The fraction of sp³-hybridized carbons (Fsp3) is 0.0625. The number of rotatable bonds is 6. The molecular formula is C32H26O2. The Labute approximate surface area is 200 Å². The van der Waals surface area contributed by atoms with Gasteiger partial charge in [0.05, 0.1) is 14.2 Å². The Morgan fingerprint density at radius 2 is 0.853 bits per heavy atom. The molecule has 0 saturated carbocycles. The lowest BCUT2D eigenvalue weighted by atomic mass is 10.0. The maximum Gasteiger partial charge on any atom is 0.126 e. The highest BCUT2D eigenvalue weighted by molar-refractivity contribution is 5.96. The van der Waals surface area contributed by atoms with Gasteiger partial charge in [0.2, 0.25) is 0 Å². The summed E-state index contributed by atoms with van der Waals surface area (Å²) in [4.78, 5) is 0. The first-order valence-corrected chi connectivity index (χ1v) is 11.3. The topological polar surface area (TPSA) is 18.5 Å². The van der Waals surface area contributed by atoms with Gasteiger partial charge in [-0.2, -0.15) is 0 Å². The second kappa shape index (κ2) is 9.68. The molecule has 0 aliphatic heterocycles. The van der Waals surface area contributed by atoms with Gasteiger partial charge in [0, 0.05) is 11.1 Å². The predicted molar refractivity (Wildman–Crippen MR) is 145 cm³/mol. The van der Waals surface area contributed by atoms with Gasteiger partial charge in [-0.3, -0.25) is 0 Å². The molecule has 0 aliphatic rings. The quantitative estimate of drug-likeness (QED) is 0.246. The highest BCUT2D eigenvalue weighted by Gasteiger charge is 2.06. The summed E-state index contributed by atoms with van der Waals surface area (Å²) >= 11 is 0. The summed E-state index contributed by atoms with van der Waals surface area (Å²) in [5.74, 6) is 1.75. The van der Waals surface area contributed by atoms with Crippen LogP contribution in [0.5, 0.6) is 11.5 Å². The average molecular weight is 443 g/mol. The standard InChI is InChI=1S/C32H26O2/c1-33-31-21-17-25-7-3-5-9-27(25)29(31)19-15-23-11-13-24(14-12-23)16-20-30-28-10-6-4-8-26(28)18-22-32(30)34-2/h3-22H,1-2H3/b19-15+,20-16+. The number of methoxy groups -OCH3 is 2. The SMILES string of the molecule is COc1ccc2ccccc2c1/C=C/c1ccc(/C=C/c2c(OC)ccc3ccccc23)cc1. The van der Waals surface area contributed by atoms with Crippen LogP contribution in [0.4, 0.5) is 0 Å². The molecule has 2 heteroatoms. The van der Waals surface area contributed by atoms with Crippen LogP contribution < -0.4 is 9.47 Å². The van der Waals surface area contributed by atoms with E-state index in [1.807, 2.05) is 12.1 Å². The minimum Gasteiger partial charge on any atom is -0.496 e. The van der Waals surface area contributed by atoms with Crippen molar-refractivity contribution in [2.24, 2.45) is 0 Å². The third kappa shape index (κ3) is 4.31. The molecule has 5 rings (SSSR count). The summed E-state index contributed by atoms with van der Waals surface area (Å²) in [6.07, 6.45) is 8.52. The van der Waals surface area contributed by atoms with E-state index in [2.05, 4.69) is 109 Å². The third-order valence-electron chi connectivity index (χ3n) is 6.12. The van der Waals surface area contributed by atoms with Crippen molar-refractivity contribution >= 4 is 45.8 Å². The van der Waals surface area contributed by atoms with Crippen molar-refractivity contribution in [1.29, 1.82) is 0 Å². The van der Waals surface area contributed by atoms with E-state index in [1.165, 1.54) is 21.5 Å². The van der Waals surface area contributed by atoms with Gasteiger partial charge >= 0.3 is 0 Å². The largest absolute Gasteiger partial charge is 0.496 e. The molecule has 0 spiro atoms. The summed E-state index contributed by atoms with van der Waals surface area (Å²) in [6.45, 7) is 0. The zero-order chi connectivity index (χ0) is 23.3. The lowest BCUT2D eigenvalue weighted by Crippen LogP contribution is -1.88. The molecule has 34 heavy (non-hydrogen) atoms.